The van der Waals surface area contributed by atoms with Gasteiger partial charge in [0.05, 0.1) is 18.0 Å². The average molecular weight is 625 g/mol. The number of hydrazine groups is 1. The Morgan fingerprint density at radius 1 is 1.02 bits per heavy atom. The van der Waals surface area contributed by atoms with E-state index in [1.54, 1.807) is 33.1 Å². The SMILES string of the molecule is COc1cc(C)c(S(=O)(=O)N2CCc3cccc(C(=O)C4CCC5(CCC(c6ccncc6)CC5)NN4)c3C2)c(C)c1.Cl. The van der Waals surface area contributed by atoms with Crippen LogP contribution in [-0.4, -0.2) is 48.7 Å². The van der Waals surface area contributed by atoms with E-state index in [1.165, 1.54) is 9.87 Å². The van der Waals surface area contributed by atoms with E-state index in [9.17, 15) is 13.2 Å². The van der Waals surface area contributed by atoms with Gasteiger partial charge < -0.3 is 4.74 Å². The molecule has 230 valence electrons. The number of pyridine rings is 1. The van der Waals surface area contributed by atoms with E-state index >= 15 is 0 Å². The molecule has 6 rings (SSSR count). The summed E-state index contributed by atoms with van der Waals surface area (Å²) >= 11 is 0. The standard InChI is InChI=1S/C33H40N4O4S.ClH/c1-22-19-27(41-3)20-23(2)32(22)42(39,40)37-18-12-26-5-4-6-28(29(26)21-37)31(38)30-9-15-33(36-35-30)13-7-24(8-14-33)25-10-16-34-17-11-25;/h4-6,10-11,16-17,19-20,24,30,35-36H,7-9,12-15,18,21H2,1-3H3;1H. The molecule has 3 aromatic rings. The Balaban J connectivity index is 0.00000368. The van der Waals surface area contributed by atoms with Gasteiger partial charge in [0, 0.05) is 36.6 Å². The van der Waals surface area contributed by atoms with Crippen molar-refractivity contribution >= 4 is 28.2 Å². The van der Waals surface area contributed by atoms with Gasteiger partial charge in [-0.15, -0.1) is 12.4 Å². The molecule has 1 aliphatic carbocycles. The van der Waals surface area contributed by atoms with E-state index in [4.69, 9.17) is 4.74 Å². The van der Waals surface area contributed by atoms with Crippen LogP contribution in [0, 0.1) is 13.8 Å². The number of nitrogens with zero attached hydrogens (tertiary/aromatic N) is 2. The predicted octanol–water partition coefficient (Wildman–Crippen LogP) is 5.41. The first kappa shape index (κ1) is 31.6. The summed E-state index contributed by atoms with van der Waals surface area (Å²) in [4.78, 5) is 18.4. The minimum Gasteiger partial charge on any atom is -0.497 e. The third-order valence-corrected chi connectivity index (χ3v) is 11.8. The van der Waals surface area contributed by atoms with Crippen LogP contribution in [0.25, 0.3) is 0 Å². The van der Waals surface area contributed by atoms with Crippen molar-refractivity contribution in [3.8, 4) is 5.75 Å². The summed E-state index contributed by atoms with van der Waals surface area (Å²) in [6.07, 6.45) is 10.3. The molecule has 3 aliphatic rings. The maximum atomic E-state index is 13.9. The number of fused-ring (bicyclic) bond motifs is 1. The molecule has 3 heterocycles. The first-order valence-corrected chi connectivity index (χ1v) is 16.4. The van der Waals surface area contributed by atoms with Crippen LogP contribution < -0.4 is 15.6 Å². The zero-order chi connectivity index (χ0) is 29.5. The lowest BCUT2D eigenvalue weighted by atomic mass is 9.71. The average Bonchev–Trinajstić information content (AvgIpc) is 3.01. The van der Waals surface area contributed by atoms with Crippen LogP contribution in [0.1, 0.15) is 82.6 Å². The zero-order valence-electron chi connectivity index (χ0n) is 25.1. The van der Waals surface area contributed by atoms with Crippen LogP contribution >= 0.6 is 12.4 Å². The highest BCUT2D eigenvalue weighted by Crippen LogP contribution is 2.41. The molecule has 8 nitrogen and oxygen atoms in total. The Morgan fingerprint density at radius 2 is 1.70 bits per heavy atom. The van der Waals surface area contributed by atoms with Gasteiger partial charge in [-0.25, -0.2) is 13.8 Å². The van der Waals surface area contributed by atoms with Crippen molar-refractivity contribution in [1.82, 2.24) is 20.1 Å². The van der Waals surface area contributed by atoms with Crippen molar-refractivity contribution in [2.24, 2.45) is 0 Å². The van der Waals surface area contributed by atoms with Crippen molar-refractivity contribution in [1.29, 1.82) is 0 Å². The first-order valence-electron chi connectivity index (χ1n) is 14.9. The number of hydrogen-bond acceptors (Lipinski definition) is 7. The zero-order valence-corrected chi connectivity index (χ0v) is 26.7. The minimum atomic E-state index is -3.77. The highest BCUT2D eigenvalue weighted by molar-refractivity contribution is 7.89. The Hall–Kier alpha value is -2.82. The largest absolute Gasteiger partial charge is 0.497 e. The Kier molecular flexibility index (Phi) is 9.30. The van der Waals surface area contributed by atoms with E-state index in [0.717, 1.165) is 49.7 Å². The molecule has 10 heteroatoms. The highest BCUT2D eigenvalue weighted by Gasteiger charge is 2.41. The van der Waals surface area contributed by atoms with Crippen molar-refractivity contribution in [2.45, 2.75) is 87.7 Å². The molecular weight excluding hydrogens is 584 g/mol. The number of Topliss-reactive ketones (excluding diaryl/α,β-unsaturated/α-hetero) is 1. The van der Waals surface area contributed by atoms with Crippen molar-refractivity contribution < 1.29 is 17.9 Å². The van der Waals surface area contributed by atoms with Gasteiger partial charge in [0.2, 0.25) is 10.0 Å². The number of ketones is 1. The van der Waals surface area contributed by atoms with Crippen molar-refractivity contribution in [2.75, 3.05) is 13.7 Å². The molecule has 2 aromatic carbocycles. The number of methoxy groups -OCH3 is 1. The Labute approximate surface area is 261 Å². The number of aromatic nitrogens is 1. The second-order valence-corrected chi connectivity index (χ2v) is 14.1. The van der Waals surface area contributed by atoms with Crippen LogP contribution in [0.4, 0.5) is 0 Å². The van der Waals surface area contributed by atoms with E-state index < -0.39 is 10.0 Å². The molecule has 0 amide bonds. The topological polar surface area (TPSA) is 101 Å². The van der Waals surface area contributed by atoms with Gasteiger partial charge in [0.1, 0.15) is 5.75 Å². The fraction of sp³-hybridized carbons (Fsp3) is 0.455. The summed E-state index contributed by atoms with van der Waals surface area (Å²) in [5, 5.41) is 0. The molecule has 2 fully saturated rings. The van der Waals surface area contributed by atoms with E-state index in [-0.39, 0.29) is 36.3 Å². The van der Waals surface area contributed by atoms with Gasteiger partial charge >= 0.3 is 0 Å². The summed E-state index contributed by atoms with van der Waals surface area (Å²) in [6.45, 7) is 4.17. The monoisotopic (exact) mass is 624 g/mol. The van der Waals surface area contributed by atoms with Gasteiger partial charge in [-0.05, 0) is 117 Å². The lowest BCUT2D eigenvalue weighted by Crippen LogP contribution is -2.62. The van der Waals surface area contributed by atoms with E-state index in [1.807, 2.05) is 30.6 Å². The molecular formula is C33H41ClN4O4S. The number of benzene rings is 2. The van der Waals surface area contributed by atoms with Crippen LogP contribution in [0.2, 0.25) is 0 Å². The number of halogens is 1. The van der Waals surface area contributed by atoms with E-state index in [0.29, 0.717) is 46.2 Å². The summed E-state index contributed by atoms with van der Waals surface area (Å²) in [5.41, 5.74) is 12.1. The number of rotatable bonds is 6. The number of hydrogen-bond donors (Lipinski definition) is 2. The van der Waals surface area contributed by atoms with Crippen LogP contribution in [-0.2, 0) is 23.0 Å². The number of carbonyl (C=O) groups excluding carboxylic acids is 1. The first-order chi connectivity index (χ1) is 20.2. The summed E-state index contributed by atoms with van der Waals surface area (Å²) < 4.78 is 34.6. The fourth-order valence-corrected chi connectivity index (χ4v) is 9.07. The van der Waals surface area contributed by atoms with Crippen LogP contribution in [0.15, 0.2) is 59.8 Å². The van der Waals surface area contributed by atoms with E-state index in [2.05, 4.69) is 28.0 Å². The third-order valence-electron chi connectivity index (χ3n) is 9.63. The number of aryl methyl sites for hydroxylation is 2. The quantitative estimate of drug-likeness (QED) is 0.354. The molecule has 1 aromatic heterocycles. The minimum absolute atomic E-state index is 0. The van der Waals surface area contributed by atoms with Crippen LogP contribution in [0.3, 0.4) is 0 Å². The maximum Gasteiger partial charge on any atom is 0.243 e. The lowest BCUT2D eigenvalue weighted by Gasteiger charge is -2.46. The Bertz CT molecular complexity index is 1560. The molecule has 1 saturated heterocycles. The normalized spacial score (nSPS) is 24.2. The van der Waals surface area contributed by atoms with Crippen LogP contribution in [0.5, 0.6) is 5.75 Å². The smallest absolute Gasteiger partial charge is 0.243 e. The van der Waals surface area contributed by atoms with Gasteiger partial charge in [0.25, 0.3) is 0 Å². The van der Waals surface area contributed by atoms with Gasteiger partial charge in [-0.2, -0.15) is 4.31 Å². The van der Waals surface area contributed by atoms with Gasteiger partial charge in [0.15, 0.2) is 5.78 Å². The lowest BCUT2D eigenvalue weighted by molar-refractivity contribution is 0.0790. The Morgan fingerprint density at radius 3 is 2.33 bits per heavy atom. The maximum absolute atomic E-state index is 13.9. The highest BCUT2D eigenvalue weighted by atomic mass is 35.5. The second-order valence-electron chi connectivity index (χ2n) is 12.2. The molecule has 43 heavy (non-hydrogen) atoms. The molecule has 2 aliphatic heterocycles. The summed E-state index contributed by atoms with van der Waals surface area (Å²) in [6, 6.07) is 13.2. The fourth-order valence-electron chi connectivity index (χ4n) is 7.25. The number of carbonyl (C=O) groups is 1. The molecule has 1 unspecified atom stereocenters. The molecule has 0 radical (unpaired) electrons. The van der Waals surface area contributed by atoms with Crippen molar-refractivity contribution in [3.63, 3.8) is 0 Å². The number of nitrogens with one attached hydrogen (secondary N) is 2. The van der Waals surface area contributed by atoms with Gasteiger partial charge in [-0.3, -0.25) is 15.2 Å². The molecule has 1 saturated carbocycles. The summed E-state index contributed by atoms with van der Waals surface area (Å²) in [5.74, 6) is 1.22. The predicted molar refractivity (Wildman–Crippen MR) is 169 cm³/mol. The number of ether oxygens (including phenoxy) is 1. The number of sulfonamides is 1. The molecule has 0 bridgehead atoms. The van der Waals surface area contributed by atoms with Gasteiger partial charge in [-0.1, -0.05) is 18.2 Å². The second kappa shape index (κ2) is 12.7. The van der Waals surface area contributed by atoms with Crippen molar-refractivity contribution in [3.05, 3.63) is 88.2 Å². The third kappa shape index (κ3) is 6.11. The molecule has 1 atom stereocenters. The summed E-state index contributed by atoms with van der Waals surface area (Å²) in [7, 11) is -2.19. The molecule has 2 N–H and O–H groups in total. The molecule has 1 spiro atoms.